The van der Waals surface area contributed by atoms with Crippen LogP contribution in [0.15, 0.2) is 47.3 Å². The van der Waals surface area contributed by atoms with Gasteiger partial charge in [-0.3, -0.25) is 9.59 Å². The average molecular weight is 329 g/mol. The van der Waals surface area contributed by atoms with Crippen LogP contribution in [-0.4, -0.2) is 16.0 Å². The molecule has 116 valence electrons. The number of rotatable bonds is 2. The number of carbonyl (C=O) groups is 1. The number of aromatic amines is 1. The number of halogens is 1. The molecule has 1 heterocycles. The maximum absolute atomic E-state index is 12.4. The van der Waals surface area contributed by atoms with Gasteiger partial charge in [-0.2, -0.15) is 0 Å². The molecule has 6 heteroatoms. The van der Waals surface area contributed by atoms with Gasteiger partial charge in [-0.25, -0.2) is 0 Å². The molecule has 0 unspecified atom stereocenters. The fraction of sp³-hybridized carbons (Fsp3) is 0.0588. The van der Waals surface area contributed by atoms with Crippen LogP contribution < -0.4 is 10.9 Å². The van der Waals surface area contributed by atoms with Gasteiger partial charge in [0.2, 0.25) is 0 Å². The summed E-state index contributed by atoms with van der Waals surface area (Å²) in [7, 11) is 0. The molecule has 2 aromatic carbocycles. The van der Waals surface area contributed by atoms with Crippen LogP contribution in [0.5, 0.6) is 5.75 Å². The number of carbonyl (C=O) groups excluding carboxylic acids is 1. The number of amides is 1. The number of benzene rings is 2. The van der Waals surface area contributed by atoms with Gasteiger partial charge < -0.3 is 15.4 Å². The number of nitrogens with one attached hydrogen (secondary N) is 2. The van der Waals surface area contributed by atoms with E-state index in [4.69, 9.17) is 11.6 Å². The van der Waals surface area contributed by atoms with Crippen molar-refractivity contribution in [2.75, 3.05) is 5.32 Å². The SMILES string of the molecule is Cc1ccc(NC(=O)c2c(O)c3ccccc3[nH]c2=O)cc1Cl. The molecule has 3 aromatic rings. The third-order valence-corrected chi connectivity index (χ3v) is 3.96. The van der Waals surface area contributed by atoms with Crippen molar-refractivity contribution in [1.82, 2.24) is 4.98 Å². The second-order valence-electron chi connectivity index (χ2n) is 5.14. The number of fused-ring (bicyclic) bond motifs is 1. The van der Waals surface area contributed by atoms with Crippen LogP contribution >= 0.6 is 11.6 Å². The van der Waals surface area contributed by atoms with E-state index in [1.165, 1.54) is 0 Å². The Hall–Kier alpha value is -2.79. The Morgan fingerprint density at radius 3 is 2.70 bits per heavy atom. The predicted octanol–water partition coefficient (Wildman–Crippen LogP) is 3.45. The summed E-state index contributed by atoms with van der Waals surface area (Å²) in [5.74, 6) is -1.05. The van der Waals surface area contributed by atoms with Gasteiger partial charge >= 0.3 is 0 Å². The van der Waals surface area contributed by atoms with Crippen LogP contribution in [0, 0.1) is 6.92 Å². The molecule has 0 aliphatic carbocycles. The van der Waals surface area contributed by atoms with E-state index >= 15 is 0 Å². The van der Waals surface area contributed by atoms with Crippen molar-refractivity contribution < 1.29 is 9.90 Å². The van der Waals surface area contributed by atoms with Crippen molar-refractivity contribution in [3.05, 3.63) is 69.0 Å². The van der Waals surface area contributed by atoms with Gasteiger partial charge in [-0.1, -0.05) is 29.8 Å². The molecule has 0 saturated carbocycles. The van der Waals surface area contributed by atoms with Gasteiger partial charge in [-0.05, 0) is 36.8 Å². The number of hydrogen-bond donors (Lipinski definition) is 3. The highest BCUT2D eigenvalue weighted by Crippen LogP contribution is 2.26. The lowest BCUT2D eigenvalue weighted by Gasteiger charge is -2.09. The number of pyridine rings is 1. The lowest BCUT2D eigenvalue weighted by Crippen LogP contribution is -2.23. The van der Waals surface area contributed by atoms with E-state index in [1.807, 2.05) is 6.92 Å². The predicted molar refractivity (Wildman–Crippen MR) is 90.4 cm³/mol. The van der Waals surface area contributed by atoms with Crippen LogP contribution in [0.2, 0.25) is 5.02 Å². The monoisotopic (exact) mass is 328 g/mol. The lowest BCUT2D eigenvalue weighted by atomic mass is 10.1. The molecule has 5 nitrogen and oxygen atoms in total. The summed E-state index contributed by atoms with van der Waals surface area (Å²) in [6.45, 7) is 1.84. The second-order valence-corrected chi connectivity index (χ2v) is 5.55. The first kappa shape index (κ1) is 15.1. The minimum Gasteiger partial charge on any atom is -0.506 e. The van der Waals surface area contributed by atoms with Gasteiger partial charge in [0.05, 0.1) is 5.52 Å². The summed E-state index contributed by atoms with van der Waals surface area (Å²) < 4.78 is 0. The highest BCUT2D eigenvalue weighted by molar-refractivity contribution is 6.31. The largest absolute Gasteiger partial charge is 0.506 e. The number of aromatic nitrogens is 1. The maximum Gasteiger partial charge on any atom is 0.265 e. The summed E-state index contributed by atoms with van der Waals surface area (Å²) >= 11 is 6.02. The first-order valence-corrected chi connectivity index (χ1v) is 7.26. The van der Waals surface area contributed by atoms with Crippen molar-refractivity contribution >= 4 is 34.1 Å². The zero-order chi connectivity index (χ0) is 16.6. The number of hydrogen-bond acceptors (Lipinski definition) is 3. The number of H-pyrrole nitrogens is 1. The van der Waals surface area contributed by atoms with E-state index in [0.717, 1.165) is 5.56 Å². The van der Waals surface area contributed by atoms with E-state index in [2.05, 4.69) is 10.3 Å². The Morgan fingerprint density at radius 2 is 1.96 bits per heavy atom. The fourth-order valence-electron chi connectivity index (χ4n) is 2.30. The van der Waals surface area contributed by atoms with Crippen molar-refractivity contribution in [1.29, 1.82) is 0 Å². The van der Waals surface area contributed by atoms with E-state index in [-0.39, 0.29) is 11.3 Å². The molecule has 0 fully saturated rings. The highest BCUT2D eigenvalue weighted by Gasteiger charge is 2.19. The molecule has 1 amide bonds. The molecule has 0 aliphatic heterocycles. The number of aryl methyl sites for hydroxylation is 1. The van der Waals surface area contributed by atoms with Gasteiger partial charge in [0.25, 0.3) is 11.5 Å². The summed E-state index contributed by atoms with van der Waals surface area (Å²) in [6, 6.07) is 11.7. The van der Waals surface area contributed by atoms with Crippen LogP contribution in [0.1, 0.15) is 15.9 Å². The van der Waals surface area contributed by atoms with Crippen molar-refractivity contribution in [2.45, 2.75) is 6.92 Å². The number of para-hydroxylation sites is 1. The minimum absolute atomic E-state index is 0.333. The zero-order valence-corrected chi connectivity index (χ0v) is 12.9. The molecule has 3 rings (SSSR count). The molecule has 0 bridgehead atoms. The van der Waals surface area contributed by atoms with E-state index in [1.54, 1.807) is 42.5 Å². The lowest BCUT2D eigenvalue weighted by molar-refractivity contribution is 0.102. The highest BCUT2D eigenvalue weighted by atomic mass is 35.5. The summed E-state index contributed by atoms with van der Waals surface area (Å²) in [4.78, 5) is 27.0. The van der Waals surface area contributed by atoms with Crippen LogP contribution in [-0.2, 0) is 0 Å². The van der Waals surface area contributed by atoms with Gasteiger partial charge in [0.1, 0.15) is 11.3 Å². The smallest absolute Gasteiger partial charge is 0.265 e. The molecule has 0 saturated heterocycles. The summed E-state index contributed by atoms with van der Waals surface area (Å²) in [6.07, 6.45) is 0. The van der Waals surface area contributed by atoms with Gasteiger partial charge in [0.15, 0.2) is 0 Å². The first-order valence-electron chi connectivity index (χ1n) is 6.89. The number of aromatic hydroxyl groups is 1. The van der Waals surface area contributed by atoms with Gasteiger partial charge in [0, 0.05) is 16.1 Å². The van der Waals surface area contributed by atoms with Crippen LogP contribution in [0.3, 0.4) is 0 Å². The molecular formula is C17H13ClN2O3. The molecule has 23 heavy (non-hydrogen) atoms. The average Bonchev–Trinajstić information content (AvgIpc) is 2.51. The molecule has 0 aliphatic rings. The Morgan fingerprint density at radius 1 is 1.22 bits per heavy atom. The molecular weight excluding hydrogens is 316 g/mol. The molecule has 3 N–H and O–H groups in total. The third-order valence-electron chi connectivity index (χ3n) is 3.55. The summed E-state index contributed by atoms with van der Waals surface area (Å²) in [5.41, 5.74) is 0.788. The Kier molecular flexibility index (Phi) is 3.80. The van der Waals surface area contributed by atoms with E-state index in [9.17, 15) is 14.7 Å². The van der Waals surface area contributed by atoms with Crippen molar-refractivity contribution in [3.63, 3.8) is 0 Å². The van der Waals surface area contributed by atoms with E-state index < -0.39 is 11.5 Å². The molecule has 0 radical (unpaired) electrons. The van der Waals surface area contributed by atoms with Gasteiger partial charge in [-0.15, -0.1) is 0 Å². The first-order chi connectivity index (χ1) is 11.0. The second kappa shape index (κ2) is 5.78. The Labute approximate surface area is 136 Å². The minimum atomic E-state index is -0.700. The third kappa shape index (κ3) is 2.78. The maximum atomic E-state index is 12.4. The Bertz CT molecular complexity index is 979. The standard InChI is InChI=1S/C17H13ClN2O3/c1-9-6-7-10(8-12(9)18)19-16(22)14-15(21)11-4-2-3-5-13(11)20-17(14)23/h2-8H,1H3,(H,19,22)(H2,20,21,23). The normalized spacial score (nSPS) is 10.7. The fourth-order valence-corrected chi connectivity index (χ4v) is 2.48. The number of anilines is 1. The Balaban J connectivity index is 2.04. The quantitative estimate of drug-likeness (QED) is 0.674. The zero-order valence-electron chi connectivity index (χ0n) is 12.2. The molecule has 0 atom stereocenters. The topological polar surface area (TPSA) is 82.2 Å². The summed E-state index contributed by atoms with van der Waals surface area (Å²) in [5, 5.41) is 13.7. The molecule has 1 aromatic heterocycles. The van der Waals surface area contributed by atoms with E-state index in [0.29, 0.717) is 21.6 Å². The van der Waals surface area contributed by atoms with Crippen LogP contribution in [0.25, 0.3) is 10.9 Å². The molecule has 0 spiro atoms. The van der Waals surface area contributed by atoms with Crippen molar-refractivity contribution in [2.24, 2.45) is 0 Å². The van der Waals surface area contributed by atoms with Crippen molar-refractivity contribution in [3.8, 4) is 5.75 Å². The van der Waals surface area contributed by atoms with Crippen LogP contribution in [0.4, 0.5) is 5.69 Å².